The normalized spacial score (nSPS) is 11.1. The molecule has 0 atom stereocenters. The van der Waals surface area contributed by atoms with Gasteiger partial charge in [-0.1, -0.05) is 25.2 Å². The molecule has 0 aromatic carbocycles. The maximum absolute atomic E-state index is 5.63. The predicted molar refractivity (Wildman–Crippen MR) is 58.6 cm³/mol. The van der Waals surface area contributed by atoms with Gasteiger partial charge in [0.05, 0.1) is 0 Å². The van der Waals surface area contributed by atoms with Gasteiger partial charge in [0, 0.05) is 6.61 Å². The van der Waals surface area contributed by atoms with Gasteiger partial charge in [-0.05, 0) is 30.4 Å². The maximum Gasteiger partial charge on any atom is 0.207 e. The average Bonchev–Trinajstić information content (AvgIpc) is 2.50. The third-order valence-corrected chi connectivity index (χ3v) is 2.73. The van der Waals surface area contributed by atoms with Crippen molar-refractivity contribution < 1.29 is 4.74 Å². The molecule has 1 heterocycles. The molecule has 0 saturated heterocycles. The van der Waals surface area contributed by atoms with E-state index < -0.39 is 0 Å². The van der Waals surface area contributed by atoms with Crippen molar-refractivity contribution in [1.82, 2.24) is 10.2 Å². The molecule has 1 rings (SSSR count). The van der Waals surface area contributed by atoms with Gasteiger partial charge >= 0.3 is 0 Å². The van der Waals surface area contributed by atoms with Crippen LogP contribution in [0.3, 0.4) is 0 Å². The summed E-state index contributed by atoms with van der Waals surface area (Å²) < 4.78 is 5.91. The highest BCUT2D eigenvalue weighted by atomic mass is 35.5. The van der Waals surface area contributed by atoms with Crippen molar-refractivity contribution in [3.05, 3.63) is 9.47 Å². The van der Waals surface area contributed by atoms with E-state index in [9.17, 15) is 0 Å². The SMILES string of the molecule is CC(C)CCCOCc1nnc(Cl)s1. The molecular weight excluding hydrogens is 220 g/mol. The smallest absolute Gasteiger partial charge is 0.207 e. The summed E-state index contributed by atoms with van der Waals surface area (Å²) in [5, 5.41) is 8.40. The van der Waals surface area contributed by atoms with Crippen molar-refractivity contribution in [2.24, 2.45) is 5.92 Å². The summed E-state index contributed by atoms with van der Waals surface area (Å²) >= 11 is 7.00. The van der Waals surface area contributed by atoms with Crippen molar-refractivity contribution in [2.75, 3.05) is 6.61 Å². The van der Waals surface area contributed by atoms with E-state index in [1.54, 1.807) is 0 Å². The highest BCUT2D eigenvalue weighted by Gasteiger charge is 2.01. The minimum absolute atomic E-state index is 0.478. The summed E-state index contributed by atoms with van der Waals surface area (Å²) in [6.45, 7) is 5.74. The molecule has 5 heteroatoms. The number of nitrogens with zero attached hydrogens (tertiary/aromatic N) is 2. The molecular formula is C9H15ClN2OS. The van der Waals surface area contributed by atoms with E-state index in [2.05, 4.69) is 24.0 Å². The lowest BCUT2D eigenvalue weighted by atomic mass is 10.1. The lowest BCUT2D eigenvalue weighted by Crippen LogP contribution is -1.97. The van der Waals surface area contributed by atoms with Gasteiger partial charge in [0.1, 0.15) is 11.6 Å². The molecule has 1 aromatic rings. The fraction of sp³-hybridized carbons (Fsp3) is 0.778. The number of hydrogen-bond donors (Lipinski definition) is 0. The van der Waals surface area contributed by atoms with Crippen LogP contribution in [-0.2, 0) is 11.3 Å². The first-order valence-corrected chi connectivity index (χ1v) is 5.93. The molecule has 0 spiro atoms. The topological polar surface area (TPSA) is 35.0 Å². The number of hydrogen-bond acceptors (Lipinski definition) is 4. The Morgan fingerprint density at radius 1 is 1.43 bits per heavy atom. The van der Waals surface area contributed by atoms with Crippen LogP contribution in [0.2, 0.25) is 4.47 Å². The molecule has 0 aliphatic rings. The van der Waals surface area contributed by atoms with Crippen molar-refractivity contribution in [3.63, 3.8) is 0 Å². The Labute approximate surface area is 93.5 Å². The summed E-state index contributed by atoms with van der Waals surface area (Å²) in [4.78, 5) is 0. The van der Waals surface area contributed by atoms with Crippen LogP contribution in [0.4, 0.5) is 0 Å². The van der Waals surface area contributed by atoms with Crippen LogP contribution >= 0.6 is 22.9 Å². The number of rotatable bonds is 6. The van der Waals surface area contributed by atoms with Gasteiger partial charge in [-0.3, -0.25) is 0 Å². The van der Waals surface area contributed by atoms with Gasteiger partial charge in [-0.2, -0.15) is 0 Å². The van der Waals surface area contributed by atoms with E-state index in [1.165, 1.54) is 17.8 Å². The predicted octanol–water partition coefficient (Wildman–Crippen LogP) is 3.14. The van der Waals surface area contributed by atoms with Crippen molar-refractivity contribution >= 4 is 22.9 Å². The van der Waals surface area contributed by atoms with E-state index in [1.807, 2.05) is 0 Å². The molecule has 80 valence electrons. The summed E-state index contributed by atoms with van der Waals surface area (Å²) in [5.74, 6) is 0.745. The zero-order valence-electron chi connectivity index (χ0n) is 8.49. The standard InChI is InChI=1S/C9H15ClN2OS/c1-7(2)4-3-5-13-6-8-11-12-9(10)14-8/h7H,3-6H2,1-2H3. The molecule has 0 radical (unpaired) electrons. The van der Waals surface area contributed by atoms with Crippen LogP contribution < -0.4 is 0 Å². The van der Waals surface area contributed by atoms with Crippen molar-refractivity contribution in [2.45, 2.75) is 33.3 Å². The van der Waals surface area contributed by atoms with Crippen LogP contribution in [0.5, 0.6) is 0 Å². The second-order valence-electron chi connectivity index (χ2n) is 3.54. The van der Waals surface area contributed by atoms with E-state index in [-0.39, 0.29) is 0 Å². The van der Waals surface area contributed by atoms with Gasteiger partial charge in [0.15, 0.2) is 0 Å². The fourth-order valence-corrected chi connectivity index (χ4v) is 1.85. The first kappa shape index (κ1) is 11.9. The second-order valence-corrected chi connectivity index (χ2v) is 5.18. The summed E-state index contributed by atoms with van der Waals surface area (Å²) in [5.41, 5.74) is 0. The first-order chi connectivity index (χ1) is 6.68. The Morgan fingerprint density at radius 3 is 2.79 bits per heavy atom. The van der Waals surface area contributed by atoms with Crippen LogP contribution in [0.25, 0.3) is 0 Å². The largest absolute Gasteiger partial charge is 0.374 e. The third-order valence-electron chi connectivity index (χ3n) is 1.74. The van der Waals surface area contributed by atoms with Gasteiger partial charge < -0.3 is 4.74 Å². The van der Waals surface area contributed by atoms with E-state index >= 15 is 0 Å². The lowest BCUT2D eigenvalue weighted by Gasteiger charge is -2.03. The molecule has 0 bridgehead atoms. The van der Waals surface area contributed by atoms with E-state index in [4.69, 9.17) is 16.3 Å². The van der Waals surface area contributed by atoms with Crippen LogP contribution in [0.15, 0.2) is 0 Å². The lowest BCUT2D eigenvalue weighted by molar-refractivity contribution is 0.114. The Kier molecular flexibility index (Phi) is 5.37. The summed E-state index contributed by atoms with van der Waals surface area (Å²) in [7, 11) is 0. The summed E-state index contributed by atoms with van der Waals surface area (Å²) in [6, 6.07) is 0. The number of ether oxygens (including phenoxy) is 1. The minimum Gasteiger partial charge on any atom is -0.374 e. The Morgan fingerprint density at radius 2 is 2.21 bits per heavy atom. The van der Waals surface area contributed by atoms with Crippen molar-refractivity contribution in [1.29, 1.82) is 0 Å². The molecule has 1 aromatic heterocycles. The molecule has 0 unspecified atom stereocenters. The molecule has 0 amide bonds. The highest BCUT2D eigenvalue weighted by molar-refractivity contribution is 7.15. The average molecular weight is 235 g/mol. The van der Waals surface area contributed by atoms with Crippen molar-refractivity contribution in [3.8, 4) is 0 Å². The molecule has 0 N–H and O–H groups in total. The zero-order valence-corrected chi connectivity index (χ0v) is 10.1. The van der Waals surface area contributed by atoms with Crippen LogP contribution in [-0.4, -0.2) is 16.8 Å². The quantitative estimate of drug-likeness (QED) is 0.710. The highest BCUT2D eigenvalue weighted by Crippen LogP contribution is 2.15. The fourth-order valence-electron chi connectivity index (χ4n) is 1.04. The molecule has 0 aliphatic carbocycles. The summed E-state index contributed by atoms with van der Waals surface area (Å²) in [6.07, 6.45) is 2.31. The number of halogens is 1. The molecule has 0 saturated carbocycles. The Balaban J connectivity index is 2.04. The maximum atomic E-state index is 5.63. The molecule has 14 heavy (non-hydrogen) atoms. The monoisotopic (exact) mass is 234 g/mol. The van der Waals surface area contributed by atoms with Gasteiger partial charge in [-0.15, -0.1) is 10.2 Å². The van der Waals surface area contributed by atoms with Gasteiger partial charge in [0.2, 0.25) is 4.47 Å². The second kappa shape index (κ2) is 6.32. The Bertz CT molecular complexity index is 265. The molecule has 3 nitrogen and oxygen atoms in total. The Hall–Kier alpha value is -0.190. The third kappa shape index (κ3) is 4.88. The molecule has 0 fully saturated rings. The van der Waals surface area contributed by atoms with Crippen LogP contribution in [0, 0.1) is 5.92 Å². The van der Waals surface area contributed by atoms with Crippen LogP contribution in [0.1, 0.15) is 31.7 Å². The zero-order chi connectivity index (χ0) is 10.4. The van der Waals surface area contributed by atoms with E-state index in [0.717, 1.165) is 24.0 Å². The minimum atomic E-state index is 0.478. The first-order valence-electron chi connectivity index (χ1n) is 4.74. The van der Waals surface area contributed by atoms with Gasteiger partial charge in [-0.25, -0.2) is 0 Å². The van der Waals surface area contributed by atoms with E-state index in [0.29, 0.717) is 11.1 Å². The van der Waals surface area contributed by atoms with Gasteiger partial charge in [0.25, 0.3) is 0 Å². The number of aromatic nitrogens is 2. The molecule has 0 aliphatic heterocycles.